The maximum Gasteiger partial charge on any atom is 0.573 e. The molecule has 2 aromatic heterocycles. The van der Waals surface area contributed by atoms with Gasteiger partial charge in [-0.15, -0.1) is 18.3 Å². The predicted molar refractivity (Wildman–Crippen MR) is 113 cm³/mol. The molecular formula is C22H20F3N5O4. The number of nitrogens with zero attached hydrogens (tertiary/aromatic N) is 5. The number of hydrogen-bond acceptors (Lipinski definition) is 8. The Morgan fingerprint density at radius 3 is 2.56 bits per heavy atom. The highest BCUT2D eigenvalue weighted by molar-refractivity contribution is 5.57. The van der Waals surface area contributed by atoms with Crippen LogP contribution in [0.25, 0.3) is 23.1 Å². The number of halogens is 3. The molecule has 0 saturated heterocycles. The van der Waals surface area contributed by atoms with E-state index < -0.39 is 6.36 Å². The molecule has 0 amide bonds. The van der Waals surface area contributed by atoms with E-state index in [4.69, 9.17) is 14.4 Å². The molecular weight excluding hydrogens is 455 g/mol. The van der Waals surface area contributed by atoms with Crippen LogP contribution in [0.2, 0.25) is 0 Å². The van der Waals surface area contributed by atoms with Gasteiger partial charge in [0.2, 0.25) is 11.6 Å². The zero-order valence-electron chi connectivity index (χ0n) is 18.0. The van der Waals surface area contributed by atoms with E-state index in [-0.39, 0.29) is 29.9 Å². The lowest BCUT2D eigenvalue weighted by molar-refractivity contribution is -0.274. The second-order valence-corrected chi connectivity index (χ2v) is 7.21. The van der Waals surface area contributed by atoms with Crippen molar-refractivity contribution in [1.82, 2.24) is 24.9 Å². The van der Waals surface area contributed by atoms with Crippen LogP contribution < -0.4 is 9.47 Å². The molecule has 34 heavy (non-hydrogen) atoms. The topological polar surface area (TPSA) is 108 Å². The highest BCUT2D eigenvalue weighted by Crippen LogP contribution is 2.26. The molecule has 0 spiro atoms. The fraction of sp³-hybridized carbons (Fsp3) is 0.273. The SMILES string of the molecule is Cc1nc(-c2nc(-c3ccc(OC(F)(F)F)cc3)no2)nn1Cc1cccc(OCCCO)c1. The zero-order valence-corrected chi connectivity index (χ0v) is 18.0. The van der Waals surface area contributed by atoms with Crippen LogP contribution >= 0.6 is 0 Å². The third-order valence-electron chi connectivity index (χ3n) is 4.62. The van der Waals surface area contributed by atoms with Crippen LogP contribution in [-0.2, 0) is 6.54 Å². The van der Waals surface area contributed by atoms with Gasteiger partial charge in [-0.25, -0.2) is 9.67 Å². The molecule has 1 N–H and O–H groups in total. The van der Waals surface area contributed by atoms with E-state index in [0.717, 1.165) is 17.7 Å². The molecule has 0 fully saturated rings. The third-order valence-corrected chi connectivity index (χ3v) is 4.62. The van der Waals surface area contributed by atoms with Crippen molar-refractivity contribution in [2.45, 2.75) is 26.3 Å². The molecule has 0 unspecified atom stereocenters. The summed E-state index contributed by atoms with van der Waals surface area (Å²) in [6.45, 7) is 2.70. The number of aliphatic hydroxyl groups is 1. The molecule has 178 valence electrons. The highest BCUT2D eigenvalue weighted by atomic mass is 19.4. The van der Waals surface area contributed by atoms with Gasteiger partial charge < -0.3 is 19.1 Å². The van der Waals surface area contributed by atoms with Gasteiger partial charge in [-0.1, -0.05) is 17.3 Å². The Bertz CT molecular complexity index is 1240. The van der Waals surface area contributed by atoms with Crippen molar-refractivity contribution in [2.24, 2.45) is 0 Å². The number of benzene rings is 2. The van der Waals surface area contributed by atoms with Crippen LogP contribution in [0.5, 0.6) is 11.5 Å². The predicted octanol–water partition coefficient (Wildman–Crippen LogP) is 4.01. The largest absolute Gasteiger partial charge is 0.573 e. The van der Waals surface area contributed by atoms with Crippen molar-refractivity contribution in [2.75, 3.05) is 13.2 Å². The summed E-state index contributed by atoms with van der Waals surface area (Å²) in [5.41, 5.74) is 1.38. The molecule has 2 heterocycles. The summed E-state index contributed by atoms with van der Waals surface area (Å²) in [4.78, 5) is 8.63. The number of aromatic nitrogens is 5. The number of hydrogen-bond donors (Lipinski definition) is 1. The van der Waals surface area contributed by atoms with Crippen molar-refractivity contribution < 1.29 is 32.3 Å². The minimum absolute atomic E-state index is 0.0653. The first kappa shape index (κ1) is 23.2. The first-order valence-electron chi connectivity index (χ1n) is 10.2. The molecule has 0 atom stereocenters. The van der Waals surface area contributed by atoms with Gasteiger partial charge in [0.25, 0.3) is 5.89 Å². The van der Waals surface area contributed by atoms with E-state index in [0.29, 0.717) is 36.7 Å². The summed E-state index contributed by atoms with van der Waals surface area (Å²) in [5, 5.41) is 17.2. The van der Waals surface area contributed by atoms with Gasteiger partial charge in [0.05, 0.1) is 13.2 Å². The molecule has 0 aliphatic heterocycles. The summed E-state index contributed by atoms with van der Waals surface area (Å²) < 4.78 is 53.4. The van der Waals surface area contributed by atoms with Gasteiger partial charge in [-0.05, 0) is 48.9 Å². The lowest BCUT2D eigenvalue weighted by atomic mass is 10.2. The van der Waals surface area contributed by atoms with Crippen molar-refractivity contribution in [3.05, 3.63) is 59.9 Å². The van der Waals surface area contributed by atoms with Crippen LogP contribution in [0.4, 0.5) is 13.2 Å². The first-order chi connectivity index (χ1) is 16.3. The van der Waals surface area contributed by atoms with Crippen LogP contribution in [0.3, 0.4) is 0 Å². The van der Waals surface area contributed by atoms with E-state index >= 15 is 0 Å². The Labute approximate surface area is 191 Å². The second-order valence-electron chi connectivity index (χ2n) is 7.21. The van der Waals surface area contributed by atoms with E-state index in [1.165, 1.54) is 12.1 Å². The number of ether oxygens (including phenoxy) is 2. The van der Waals surface area contributed by atoms with Gasteiger partial charge in [-0.2, -0.15) is 4.98 Å². The normalized spacial score (nSPS) is 11.6. The second kappa shape index (κ2) is 9.91. The third kappa shape index (κ3) is 5.90. The maximum atomic E-state index is 12.3. The Balaban J connectivity index is 1.46. The lowest BCUT2D eigenvalue weighted by Crippen LogP contribution is -2.16. The number of aliphatic hydroxyl groups excluding tert-OH is 1. The highest BCUT2D eigenvalue weighted by Gasteiger charge is 2.31. The Kier molecular flexibility index (Phi) is 6.77. The van der Waals surface area contributed by atoms with Crippen molar-refractivity contribution in [1.29, 1.82) is 0 Å². The smallest absolute Gasteiger partial charge is 0.493 e. The van der Waals surface area contributed by atoms with Gasteiger partial charge in [0.1, 0.15) is 17.3 Å². The maximum absolute atomic E-state index is 12.3. The van der Waals surface area contributed by atoms with Crippen molar-refractivity contribution >= 4 is 0 Å². The number of aryl methyl sites for hydroxylation is 1. The lowest BCUT2D eigenvalue weighted by Gasteiger charge is -2.08. The molecule has 0 aliphatic carbocycles. The quantitative estimate of drug-likeness (QED) is 0.362. The fourth-order valence-electron chi connectivity index (χ4n) is 3.06. The van der Waals surface area contributed by atoms with Crippen LogP contribution in [-0.4, -0.2) is 49.6 Å². The molecule has 0 aliphatic rings. The summed E-state index contributed by atoms with van der Waals surface area (Å²) >= 11 is 0. The van der Waals surface area contributed by atoms with E-state index in [1.807, 2.05) is 24.3 Å². The summed E-state index contributed by atoms with van der Waals surface area (Å²) in [6.07, 6.45) is -4.22. The molecule has 0 bridgehead atoms. The summed E-state index contributed by atoms with van der Waals surface area (Å²) in [5.74, 6) is 1.44. The molecule has 0 radical (unpaired) electrons. The summed E-state index contributed by atoms with van der Waals surface area (Å²) in [6, 6.07) is 12.6. The van der Waals surface area contributed by atoms with Crippen LogP contribution in [0.1, 0.15) is 17.8 Å². The van der Waals surface area contributed by atoms with Gasteiger partial charge in [0, 0.05) is 18.6 Å². The van der Waals surface area contributed by atoms with Gasteiger partial charge >= 0.3 is 6.36 Å². The number of alkyl halides is 3. The molecule has 0 saturated carbocycles. The fourth-order valence-corrected chi connectivity index (χ4v) is 3.06. The molecule has 2 aromatic carbocycles. The van der Waals surface area contributed by atoms with Gasteiger partial charge in [-0.3, -0.25) is 0 Å². The average Bonchev–Trinajstić information content (AvgIpc) is 3.41. The summed E-state index contributed by atoms with van der Waals surface area (Å²) in [7, 11) is 0. The minimum atomic E-state index is -4.77. The number of rotatable bonds is 9. The van der Waals surface area contributed by atoms with Crippen LogP contribution in [0.15, 0.2) is 53.1 Å². The molecule has 4 rings (SSSR count). The van der Waals surface area contributed by atoms with E-state index in [2.05, 4.69) is 25.0 Å². The standard InChI is InChI=1S/C22H20F3N5O4/c1-14-26-20(28-30(14)13-15-4-2-5-18(12-15)32-11-3-10-31)21-27-19(29-34-21)16-6-8-17(9-7-16)33-22(23,24)25/h2,4-9,12,31H,3,10-11,13H2,1H3. The van der Waals surface area contributed by atoms with Crippen molar-refractivity contribution in [3.63, 3.8) is 0 Å². The molecule has 9 nitrogen and oxygen atoms in total. The molecule has 4 aromatic rings. The van der Waals surface area contributed by atoms with Crippen LogP contribution in [0, 0.1) is 6.92 Å². The first-order valence-corrected chi connectivity index (χ1v) is 10.2. The molecule has 12 heteroatoms. The Morgan fingerprint density at radius 2 is 1.82 bits per heavy atom. The average molecular weight is 475 g/mol. The van der Waals surface area contributed by atoms with Crippen molar-refractivity contribution in [3.8, 4) is 34.6 Å². The monoisotopic (exact) mass is 475 g/mol. The zero-order chi connectivity index (χ0) is 24.1. The van der Waals surface area contributed by atoms with E-state index in [1.54, 1.807) is 11.6 Å². The van der Waals surface area contributed by atoms with E-state index in [9.17, 15) is 13.2 Å². The Morgan fingerprint density at radius 1 is 1.03 bits per heavy atom. The Hall–Kier alpha value is -3.93. The van der Waals surface area contributed by atoms with Gasteiger partial charge in [0.15, 0.2) is 0 Å². The minimum Gasteiger partial charge on any atom is -0.493 e.